The first kappa shape index (κ1) is 13.1. The van der Waals surface area contributed by atoms with E-state index in [1.165, 1.54) is 18.7 Å². The van der Waals surface area contributed by atoms with Crippen molar-refractivity contribution in [1.82, 2.24) is 4.90 Å². The van der Waals surface area contributed by atoms with Gasteiger partial charge in [0.25, 0.3) is 0 Å². The molecule has 17 heavy (non-hydrogen) atoms. The van der Waals surface area contributed by atoms with Crippen LogP contribution in [0.2, 0.25) is 0 Å². The Bertz CT molecular complexity index is 327. The molecule has 0 spiro atoms. The molecule has 0 saturated carbocycles. The van der Waals surface area contributed by atoms with Crippen LogP contribution >= 0.6 is 11.8 Å². The molecule has 0 aromatic rings. The average molecular weight is 264 g/mol. The quantitative estimate of drug-likeness (QED) is 0.688. The number of fused-ring (bicyclic) bond motifs is 1. The monoisotopic (exact) mass is 264 g/mol. The third-order valence-corrected chi connectivity index (χ3v) is 4.20. The Balaban J connectivity index is 2.15. The van der Waals surface area contributed by atoms with Crippen molar-refractivity contribution >= 4 is 16.9 Å². The lowest BCUT2D eigenvalue weighted by molar-refractivity contribution is -0.165. The van der Waals surface area contributed by atoms with Crippen LogP contribution in [-0.2, 0) is 4.74 Å². The first-order chi connectivity index (χ1) is 7.91. The van der Waals surface area contributed by atoms with Gasteiger partial charge in [-0.15, -0.1) is 0 Å². The van der Waals surface area contributed by atoms with Gasteiger partial charge in [0, 0.05) is 14.1 Å². The minimum absolute atomic E-state index is 0.467. The topological polar surface area (TPSA) is 65.3 Å². The van der Waals surface area contributed by atoms with Gasteiger partial charge in [-0.05, 0) is 6.92 Å². The lowest BCUT2D eigenvalue weighted by Gasteiger charge is -2.38. The van der Waals surface area contributed by atoms with E-state index in [1.807, 2.05) is 14.1 Å². The summed E-state index contributed by atoms with van der Waals surface area (Å²) in [6, 6.07) is -0.692. The molecule has 1 fully saturated rings. The van der Waals surface area contributed by atoms with E-state index < -0.39 is 36.0 Å². The zero-order valence-corrected chi connectivity index (χ0v) is 10.8. The summed E-state index contributed by atoms with van der Waals surface area (Å²) in [6.45, 7) is 1.48. The number of rotatable bonds is 1. The molecule has 2 heterocycles. The lowest BCUT2D eigenvalue weighted by Crippen LogP contribution is -2.56. The SMILES string of the molecule is C[C@H](O)[C@H]1O[C@@H]2SC(N(C)C)=N[C@@H]2[C@H](F)[C@@H]1O. The molecule has 2 aliphatic rings. The second-order valence-electron chi connectivity index (χ2n) is 4.56. The third-order valence-electron chi connectivity index (χ3n) is 2.90. The van der Waals surface area contributed by atoms with Crippen molar-refractivity contribution in [2.45, 2.75) is 42.9 Å². The molecular formula is C10H17FN2O3S. The van der Waals surface area contributed by atoms with Gasteiger partial charge in [0.1, 0.15) is 23.7 Å². The molecule has 2 N–H and O–H groups in total. The molecule has 0 amide bonds. The predicted molar refractivity (Wildman–Crippen MR) is 63.7 cm³/mol. The van der Waals surface area contributed by atoms with Gasteiger partial charge in [-0.25, -0.2) is 4.39 Å². The standard InChI is InChI=1S/C10H17FN2O3S/c1-4(14)8-7(15)5(11)6-9(16-8)17-10(12-6)13(2)3/h4-9,14-15H,1-3H3/t4-,5-,6+,7-,8+,9+/m0/s1. The fraction of sp³-hybridized carbons (Fsp3) is 0.900. The number of hydrogen-bond donors (Lipinski definition) is 2. The van der Waals surface area contributed by atoms with Crippen LogP contribution in [0.5, 0.6) is 0 Å². The molecule has 0 aromatic heterocycles. The summed E-state index contributed by atoms with van der Waals surface area (Å²) in [6.07, 6.45) is -4.64. The number of ether oxygens (including phenoxy) is 1. The van der Waals surface area contributed by atoms with Gasteiger partial charge in [0.2, 0.25) is 0 Å². The van der Waals surface area contributed by atoms with Crippen LogP contribution in [-0.4, -0.2) is 70.3 Å². The maximum atomic E-state index is 14.0. The van der Waals surface area contributed by atoms with Crippen LogP contribution in [0, 0.1) is 0 Å². The van der Waals surface area contributed by atoms with Crippen LogP contribution in [0.25, 0.3) is 0 Å². The highest BCUT2D eigenvalue weighted by molar-refractivity contribution is 8.14. The lowest BCUT2D eigenvalue weighted by atomic mass is 9.97. The Kier molecular flexibility index (Phi) is 3.63. The van der Waals surface area contributed by atoms with E-state index in [1.54, 1.807) is 4.90 Å². The molecule has 7 heteroatoms. The average Bonchev–Trinajstić information content (AvgIpc) is 2.67. The number of amidine groups is 1. The number of thioether (sulfide) groups is 1. The van der Waals surface area contributed by atoms with Gasteiger partial charge in [0.05, 0.1) is 6.10 Å². The zero-order valence-electron chi connectivity index (χ0n) is 9.95. The predicted octanol–water partition coefficient (Wildman–Crippen LogP) is -0.176. The highest BCUT2D eigenvalue weighted by Crippen LogP contribution is 2.38. The molecular weight excluding hydrogens is 247 g/mol. The molecule has 0 aliphatic carbocycles. The molecule has 0 radical (unpaired) electrons. The molecule has 0 bridgehead atoms. The van der Waals surface area contributed by atoms with Crippen LogP contribution in [0.4, 0.5) is 4.39 Å². The molecule has 6 atom stereocenters. The fourth-order valence-electron chi connectivity index (χ4n) is 1.96. The van der Waals surface area contributed by atoms with E-state index in [9.17, 15) is 14.6 Å². The van der Waals surface area contributed by atoms with E-state index in [-0.39, 0.29) is 0 Å². The smallest absolute Gasteiger partial charge is 0.161 e. The number of aliphatic imine (C=N–C) groups is 1. The Morgan fingerprint density at radius 1 is 1.53 bits per heavy atom. The minimum Gasteiger partial charge on any atom is -0.391 e. The van der Waals surface area contributed by atoms with E-state index in [4.69, 9.17) is 4.74 Å². The van der Waals surface area contributed by atoms with Crippen molar-refractivity contribution in [3.05, 3.63) is 0 Å². The van der Waals surface area contributed by atoms with E-state index in [0.29, 0.717) is 5.17 Å². The highest BCUT2D eigenvalue weighted by Gasteiger charge is 2.50. The molecule has 5 nitrogen and oxygen atoms in total. The zero-order chi connectivity index (χ0) is 12.7. The second-order valence-corrected chi connectivity index (χ2v) is 5.62. The summed E-state index contributed by atoms with van der Waals surface area (Å²) >= 11 is 1.32. The molecule has 0 aromatic carbocycles. The summed E-state index contributed by atoms with van der Waals surface area (Å²) in [7, 11) is 3.64. The fourth-order valence-corrected chi connectivity index (χ4v) is 3.10. The maximum absolute atomic E-state index is 14.0. The number of hydrogen-bond acceptors (Lipinski definition) is 6. The Morgan fingerprint density at radius 3 is 2.71 bits per heavy atom. The Morgan fingerprint density at radius 2 is 2.18 bits per heavy atom. The number of aliphatic hydroxyl groups excluding tert-OH is 2. The first-order valence-corrected chi connectivity index (χ1v) is 6.37. The number of alkyl halides is 1. The number of halogens is 1. The van der Waals surface area contributed by atoms with Gasteiger partial charge < -0.3 is 19.8 Å². The van der Waals surface area contributed by atoms with Crippen LogP contribution in [0.15, 0.2) is 4.99 Å². The van der Waals surface area contributed by atoms with Gasteiger partial charge in [-0.2, -0.15) is 0 Å². The van der Waals surface area contributed by atoms with Crippen molar-refractivity contribution < 1.29 is 19.3 Å². The third kappa shape index (κ3) is 2.29. The van der Waals surface area contributed by atoms with Gasteiger partial charge in [0.15, 0.2) is 11.3 Å². The van der Waals surface area contributed by atoms with Crippen molar-refractivity contribution in [2.75, 3.05) is 14.1 Å². The van der Waals surface area contributed by atoms with E-state index >= 15 is 0 Å². The molecule has 98 valence electrons. The van der Waals surface area contributed by atoms with E-state index in [2.05, 4.69) is 4.99 Å². The maximum Gasteiger partial charge on any atom is 0.161 e. The molecule has 2 rings (SSSR count). The van der Waals surface area contributed by atoms with Crippen LogP contribution in [0.1, 0.15) is 6.92 Å². The van der Waals surface area contributed by atoms with Crippen LogP contribution < -0.4 is 0 Å². The minimum atomic E-state index is -1.50. The van der Waals surface area contributed by atoms with Crippen molar-refractivity contribution in [2.24, 2.45) is 4.99 Å². The summed E-state index contributed by atoms with van der Waals surface area (Å²) in [5, 5.41) is 19.9. The van der Waals surface area contributed by atoms with Crippen molar-refractivity contribution in [1.29, 1.82) is 0 Å². The van der Waals surface area contributed by atoms with Crippen LogP contribution in [0.3, 0.4) is 0 Å². The molecule has 2 aliphatic heterocycles. The van der Waals surface area contributed by atoms with Crippen molar-refractivity contribution in [3.8, 4) is 0 Å². The second kappa shape index (κ2) is 4.72. The van der Waals surface area contributed by atoms with Gasteiger partial charge >= 0.3 is 0 Å². The highest BCUT2D eigenvalue weighted by atomic mass is 32.2. The summed E-state index contributed by atoms with van der Waals surface area (Å²) in [5.41, 5.74) is -0.467. The van der Waals surface area contributed by atoms with Gasteiger partial charge in [-0.1, -0.05) is 11.8 Å². The largest absolute Gasteiger partial charge is 0.391 e. The molecule has 0 unspecified atom stereocenters. The van der Waals surface area contributed by atoms with E-state index in [0.717, 1.165) is 0 Å². The molecule has 1 saturated heterocycles. The summed E-state index contributed by atoms with van der Waals surface area (Å²) < 4.78 is 19.5. The number of nitrogens with zero attached hydrogens (tertiary/aromatic N) is 2. The Hall–Kier alpha value is -0.370. The number of aliphatic hydroxyl groups is 2. The van der Waals surface area contributed by atoms with Gasteiger partial charge in [-0.3, -0.25) is 4.99 Å². The normalized spacial score (nSPS) is 42.9. The summed E-state index contributed by atoms with van der Waals surface area (Å²) in [5.74, 6) is 0. The first-order valence-electron chi connectivity index (χ1n) is 5.49. The Labute approximate surface area is 104 Å². The summed E-state index contributed by atoms with van der Waals surface area (Å²) in [4.78, 5) is 5.98. The van der Waals surface area contributed by atoms with Crippen molar-refractivity contribution in [3.63, 3.8) is 0 Å².